The van der Waals surface area contributed by atoms with Crippen molar-refractivity contribution in [2.45, 2.75) is 13.2 Å². The number of allylic oxidation sites excluding steroid dienone is 1. The van der Waals surface area contributed by atoms with Gasteiger partial charge in [0.1, 0.15) is 11.4 Å². The van der Waals surface area contributed by atoms with E-state index in [0.29, 0.717) is 12.2 Å². The fourth-order valence-corrected chi connectivity index (χ4v) is 2.45. The van der Waals surface area contributed by atoms with Crippen molar-refractivity contribution < 1.29 is 14.4 Å². The molecule has 0 aliphatic carbocycles. The number of hydroxylamine groups is 1. The van der Waals surface area contributed by atoms with E-state index in [2.05, 4.69) is 15.8 Å². The van der Waals surface area contributed by atoms with E-state index in [1.807, 2.05) is 66.7 Å². The van der Waals surface area contributed by atoms with Gasteiger partial charge in [0, 0.05) is 6.08 Å². The number of hydrogen-bond acceptors (Lipinski definition) is 5. The molecular formula is C22H22N4O3. The molecule has 0 radical (unpaired) electrons. The van der Waals surface area contributed by atoms with Crippen LogP contribution in [0.2, 0.25) is 0 Å². The maximum Gasteiger partial charge on any atom is 0.267 e. The van der Waals surface area contributed by atoms with Crippen molar-refractivity contribution in [1.82, 2.24) is 20.5 Å². The molecule has 0 aliphatic heterocycles. The van der Waals surface area contributed by atoms with Gasteiger partial charge in [-0.05, 0) is 29.3 Å². The molecule has 3 rings (SSSR count). The van der Waals surface area contributed by atoms with E-state index >= 15 is 0 Å². The number of ether oxygens (including phenoxy) is 1. The van der Waals surface area contributed by atoms with Gasteiger partial charge in [-0.1, -0.05) is 59.8 Å². The van der Waals surface area contributed by atoms with Crippen LogP contribution in [0.1, 0.15) is 16.8 Å². The second kappa shape index (κ2) is 10.6. The van der Waals surface area contributed by atoms with Crippen LogP contribution < -0.4 is 10.2 Å². The lowest BCUT2D eigenvalue weighted by atomic mass is 10.2. The molecule has 0 spiro atoms. The second-order valence-electron chi connectivity index (χ2n) is 6.11. The third kappa shape index (κ3) is 6.75. The second-order valence-corrected chi connectivity index (χ2v) is 6.11. The fraction of sp³-hybridized carbons (Fsp3) is 0.136. The number of benzene rings is 2. The van der Waals surface area contributed by atoms with Crippen LogP contribution in [0, 0.1) is 0 Å². The van der Waals surface area contributed by atoms with Crippen LogP contribution in [-0.2, 0) is 22.8 Å². The van der Waals surface area contributed by atoms with Crippen LogP contribution >= 0.6 is 0 Å². The van der Waals surface area contributed by atoms with E-state index in [1.54, 1.807) is 24.1 Å². The molecular weight excluding hydrogens is 368 g/mol. The fourth-order valence-electron chi connectivity index (χ4n) is 2.45. The maximum atomic E-state index is 11.8. The average molecular weight is 390 g/mol. The summed E-state index contributed by atoms with van der Waals surface area (Å²) < 4.78 is 6.78. The summed E-state index contributed by atoms with van der Waals surface area (Å²) in [6, 6.07) is 17.4. The van der Waals surface area contributed by atoms with Gasteiger partial charge in [-0.15, -0.1) is 5.10 Å². The molecule has 0 saturated heterocycles. The first kappa shape index (κ1) is 20.0. The Balaban J connectivity index is 1.41. The van der Waals surface area contributed by atoms with Crippen molar-refractivity contribution in [1.29, 1.82) is 0 Å². The van der Waals surface area contributed by atoms with Crippen LogP contribution in [0.5, 0.6) is 5.75 Å². The summed E-state index contributed by atoms with van der Waals surface area (Å²) in [6.07, 6.45) is 8.71. The summed E-state index contributed by atoms with van der Waals surface area (Å²) in [6.45, 7) is 0.848. The highest BCUT2D eigenvalue weighted by Gasteiger charge is 2.00. The monoisotopic (exact) mass is 390 g/mol. The van der Waals surface area contributed by atoms with Crippen LogP contribution in [0.4, 0.5) is 0 Å². The third-order valence-electron chi connectivity index (χ3n) is 3.93. The molecule has 1 N–H and O–H groups in total. The number of rotatable bonds is 9. The summed E-state index contributed by atoms with van der Waals surface area (Å²) >= 11 is 0. The Labute approximate surface area is 169 Å². The lowest BCUT2D eigenvalue weighted by molar-refractivity contribution is -0.129. The van der Waals surface area contributed by atoms with Crippen LogP contribution in [0.15, 0.2) is 72.9 Å². The molecule has 0 fully saturated rings. The predicted molar refractivity (Wildman–Crippen MR) is 110 cm³/mol. The third-order valence-corrected chi connectivity index (χ3v) is 3.93. The van der Waals surface area contributed by atoms with E-state index in [0.717, 1.165) is 16.9 Å². The first-order valence-corrected chi connectivity index (χ1v) is 9.07. The number of hydrogen-bond donors (Lipinski definition) is 1. The molecule has 1 heterocycles. The zero-order valence-electron chi connectivity index (χ0n) is 16.1. The van der Waals surface area contributed by atoms with E-state index in [-0.39, 0.29) is 12.5 Å². The Bertz CT molecular complexity index is 963. The van der Waals surface area contributed by atoms with Gasteiger partial charge in [-0.3, -0.25) is 9.63 Å². The number of amides is 1. The molecule has 148 valence electrons. The summed E-state index contributed by atoms with van der Waals surface area (Å²) in [4.78, 5) is 17.0. The Hall–Kier alpha value is -3.71. The quantitative estimate of drug-likeness (QED) is 0.448. The first-order valence-electron chi connectivity index (χ1n) is 9.07. The molecule has 0 atom stereocenters. The van der Waals surface area contributed by atoms with Gasteiger partial charge in [0.2, 0.25) is 0 Å². The zero-order chi connectivity index (χ0) is 20.3. The molecule has 1 aromatic heterocycles. The Morgan fingerprint density at radius 1 is 1.10 bits per heavy atom. The van der Waals surface area contributed by atoms with Crippen LogP contribution in [0.3, 0.4) is 0 Å². The van der Waals surface area contributed by atoms with Crippen molar-refractivity contribution >= 4 is 18.1 Å². The smallest absolute Gasteiger partial charge is 0.267 e. The molecule has 0 unspecified atom stereocenters. The maximum absolute atomic E-state index is 11.8. The number of nitrogens with one attached hydrogen (secondary N) is 1. The zero-order valence-corrected chi connectivity index (χ0v) is 16.1. The summed E-state index contributed by atoms with van der Waals surface area (Å²) in [5.74, 6) is 0.390. The SMILES string of the molecule is COc1ccc(CONC(=O)/C=C/c2cn(C/C=C/c3ccccc3)nn2)cc1. The van der Waals surface area contributed by atoms with Gasteiger partial charge in [0.25, 0.3) is 5.91 Å². The minimum absolute atomic E-state index is 0.257. The molecule has 3 aromatic rings. The van der Waals surface area contributed by atoms with Crippen molar-refractivity contribution in [3.05, 3.63) is 89.8 Å². The highest BCUT2D eigenvalue weighted by Crippen LogP contribution is 2.11. The largest absolute Gasteiger partial charge is 0.497 e. The highest BCUT2D eigenvalue weighted by molar-refractivity contribution is 5.90. The molecule has 0 saturated carbocycles. The number of nitrogens with zero attached hydrogens (tertiary/aromatic N) is 3. The van der Waals surface area contributed by atoms with E-state index in [4.69, 9.17) is 9.57 Å². The van der Waals surface area contributed by atoms with Crippen molar-refractivity contribution in [2.24, 2.45) is 0 Å². The molecule has 7 nitrogen and oxygen atoms in total. The number of methoxy groups -OCH3 is 1. The minimum Gasteiger partial charge on any atom is -0.497 e. The van der Waals surface area contributed by atoms with Crippen molar-refractivity contribution in [2.75, 3.05) is 7.11 Å². The van der Waals surface area contributed by atoms with E-state index < -0.39 is 0 Å². The van der Waals surface area contributed by atoms with Gasteiger partial charge >= 0.3 is 0 Å². The van der Waals surface area contributed by atoms with Crippen molar-refractivity contribution in [3.63, 3.8) is 0 Å². The Kier molecular flexibility index (Phi) is 7.31. The summed E-state index contributed by atoms with van der Waals surface area (Å²) in [5, 5.41) is 8.05. The van der Waals surface area contributed by atoms with Crippen molar-refractivity contribution in [3.8, 4) is 5.75 Å². The normalized spacial score (nSPS) is 11.2. The Morgan fingerprint density at radius 3 is 2.66 bits per heavy atom. The van der Waals surface area contributed by atoms with Crippen LogP contribution in [0.25, 0.3) is 12.2 Å². The van der Waals surface area contributed by atoms with E-state index in [9.17, 15) is 4.79 Å². The highest BCUT2D eigenvalue weighted by atomic mass is 16.6. The standard InChI is InChI=1S/C22H22N4O3/c1-28-21-12-9-19(10-13-21)17-29-24-22(27)14-11-20-16-26(25-23-20)15-5-8-18-6-3-2-4-7-18/h2-14,16H,15,17H2,1H3,(H,24,27)/b8-5+,14-11+. The van der Waals surface area contributed by atoms with Gasteiger partial charge in [0.05, 0.1) is 26.5 Å². The van der Waals surface area contributed by atoms with Crippen LogP contribution in [-0.4, -0.2) is 28.0 Å². The van der Waals surface area contributed by atoms with Gasteiger partial charge in [-0.25, -0.2) is 10.2 Å². The van der Waals surface area contributed by atoms with E-state index in [1.165, 1.54) is 6.08 Å². The number of aromatic nitrogens is 3. The lowest BCUT2D eigenvalue weighted by Crippen LogP contribution is -2.21. The topological polar surface area (TPSA) is 78.3 Å². The summed E-state index contributed by atoms with van der Waals surface area (Å²) in [7, 11) is 1.61. The van der Waals surface area contributed by atoms with Gasteiger partial charge in [0.15, 0.2) is 0 Å². The molecule has 0 bridgehead atoms. The number of carbonyl (C=O) groups is 1. The van der Waals surface area contributed by atoms with Gasteiger partial charge in [-0.2, -0.15) is 0 Å². The predicted octanol–water partition coefficient (Wildman–Crippen LogP) is 3.26. The molecule has 2 aromatic carbocycles. The first-order chi connectivity index (χ1) is 14.2. The molecule has 29 heavy (non-hydrogen) atoms. The minimum atomic E-state index is -0.378. The Morgan fingerprint density at radius 2 is 1.90 bits per heavy atom. The molecule has 0 aliphatic rings. The van der Waals surface area contributed by atoms with Gasteiger partial charge < -0.3 is 4.74 Å². The molecule has 1 amide bonds. The summed E-state index contributed by atoms with van der Waals surface area (Å²) in [5.41, 5.74) is 4.99. The lowest BCUT2D eigenvalue weighted by Gasteiger charge is -2.04. The number of carbonyl (C=O) groups excluding carboxylic acids is 1. The average Bonchev–Trinajstić information content (AvgIpc) is 3.21. The molecule has 7 heteroatoms.